The van der Waals surface area contributed by atoms with Crippen molar-refractivity contribution in [2.24, 2.45) is 0 Å². The van der Waals surface area contributed by atoms with Gasteiger partial charge in [0, 0.05) is 5.54 Å². The predicted octanol–water partition coefficient (Wildman–Crippen LogP) is 1.06. The third kappa shape index (κ3) is 2.67. The maximum atomic E-state index is 11.9. The fourth-order valence-electron chi connectivity index (χ4n) is 1.99. The van der Waals surface area contributed by atoms with Crippen LogP contribution in [0.25, 0.3) is 0 Å². The van der Waals surface area contributed by atoms with Crippen LogP contribution in [-0.2, 0) is 0 Å². The van der Waals surface area contributed by atoms with E-state index in [-0.39, 0.29) is 11.3 Å². The Hall–Kier alpha value is -1.89. The van der Waals surface area contributed by atoms with Crippen LogP contribution in [0.15, 0.2) is 16.5 Å². The van der Waals surface area contributed by atoms with Gasteiger partial charge >= 0.3 is 5.88 Å². The molecule has 0 spiro atoms. The lowest BCUT2D eigenvalue weighted by atomic mass is 9.90. The van der Waals surface area contributed by atoms with Crippen LogP contribution in [0.5, 0.6) is 0 Å². The van der Waals surface area contributed by atoms with E-state index in [9.17, 15) is 14.9 Å². The van der Waals surface area contributed by atoms with Crippen molar-refractivity contribution in [2.75, 3.05) is 13.1 Å². The van der Waals surface area contributed by atoms with Crippen LogP contribution >= 0.6 is 0 Å². The Labute approximate surface area is 104 Å². The Balaban J connectivity index is 2.04. The van der Waals surface area contributed by atoms with Gasteiger partial charge in [-0.1, -0.05) is 0 Å². The molecule has 2 N–H and O–H groups in total. The molecule has 0 radical (unpaired) electrons. The highest BCUT2D eigenvalue weighted by molar-refractivity contribution is 5.92. The first-order chi connectivity index (χ1) is 8.50. The smallest absolute Gasteiger partial charge is 0.395 e. The van der Waals surface area contributed by atoms with Crippen LogP contribution in [-0.4, -0.2) is 29.5 Å². The zero-order valence-electron chi connectivity index (χ0n) is 10.1. The van der Waals surface area contributed by atoms with E-state index in [1.54, 1.807) is 0 Å². The van der Waals surface area contributed by atoms with Crippen molar-refractivity contribution in [3.63, 3.8) is 0 Å². The van der Waals surface area contributed by atoms with Crippen LogP contribution in [0.4, 0.5) is 5.88 Å². The number of furan rings is 1. The molecular weight excluding hydrogens is 238 g/mol. The third-order valence-electron chi connectivity index (χ3n) is 3.12. The maximum absolute atomic E-state index is 11.9. The van der Waals surface area contributed by atoms with Crippen molar-refractivity contribution in [3.05, 3.63) is 28.0 Å². The highest BCUT2D eigenvalue weighted by Gasteiger charge is 2.30. The summed E-state index contributed by atoms with van der Waals surface area (Å²) in [5.41, 5.74) is -0.288. The summed E-state index contributed by atoms with van der Waals surface area (Å²) >= 11 is 0. The second kappa shape index (κ2) is 4.77. The second-order valence-corrected chi connectivity index (χ2v) is 4.66. The van der Waals surface area contributed by atoms with Crippen LogP contribution < -0.4 is 10.6 Å². The lowest BCUT2D eigenvalue weighted by molar-refractivity contribution is -0.402. The number of amides is 1. The first-order valence-electron chi connectivity index (χ1n) is 5.78. The molecule has 98 valence electrons. The Morgan fingerprint density at radius 2 is 2.17 bits per heavy atom. The van der Waals surface area contributed by atoms with Gasteiger partial charge in [-0.25, -0.2) is 0 Å². The molecule has 1 aromatic rings. The van der Waals surface area contributed by atoms with Crippen molar-refractivity contribution in [2.45, 2.75) is 25.3 Å². The summed E-state index contributed by atoms with van der Waals surface area (Å²) in [7, 11) is 0. The monoisotopic (exact) mass is 253 g/mol. The second-order valence-electron chi connectivity index (χ2n) is 4.66. The number of carbonyl (C=O) groups excluding carboxylic acids is 1. The summed E-state index contributed by atoms with van der Waals surface area (Å²) in [6, 6.07) is 2.50. The average molecular weight is 253 g/mol. The molecule has 0 atom stereocenters. The number of nitro groups is 1. The highest BCUT2D eigenvalue weighted by atomic mass is 16.6. The van der Waals surface area contributed by atoms with Gasteiger partial charge in [0.1, 0.15) is 4.92 Å². The Morgan fingerprint density at radius 1 is 1.50 bits per heavy atom. The van der Waals surface area contributed by atoms with Gasteiger partial charge < -0.3 is 15.1 Å². The summed E-state index contributed by atoms with van der Waals surface area (Å²) in [6.45, 7) is 3.65. The van der Waals surface area contributed by atoms with Crippen LogP contribution in [0.3, 0.4) is 0 Å². The molecule has 1 fully saturated rings. The summed E-state index contributed by atoms with van der Waals surface area (Å²) in [5.74, 6) is -0.857. The van der Waals surface area contributed by atoms with E-state index >= 15 is 0 Å². The molecular formula is C11H15N3O4. The molecule has 0 aromatic carbocycles. The maximum Gasteiger partial charge on any atom is 0.433 e. The SMILES string of the molecule is CC1(NC(=O)c2ccc([N+](=O)[O-])o2)CCNCC1. The number of nitrogens with one attached hydrogen (secondary N) is 2. The molecule has 0 saturated carbocycles. The Kier molecular flexibility index (Phi) is 3.33. The van der Waals surface area contributed by atoms with Crippen molar-refractivity contribution >= 4 is 11.8 Å². The molecule has 1 aromatic heterocycles. The van der Waals surface area contributed by atoms with Gasteiger partial charge in [-0.05, 0) is 38.9 Å². The van der Waals surface area contributed by atoms with Gasteiger partial charge in [0.15, 0.2) is 5.76 Å². The minimum absolute atomic E-state index is 0.0264. The molecule has 7 nitrogen and oxygen atoms in total. The average Bonchev–Trinajstić information content (AvgIpc) is 2.78. The van der Waals surface area contributed by atoms with Crippen LogP contribution in [0, 0.1) is 10.1 Å². The van der Waals surface area contributed by atoms with E-state index in [1.807, 2.05) is 6.92 Å². The highest BCUT2D eigenvalue weighted by Crippen LogP contribution is 2.20. The fraction of sp³-hybridized carbons (Fsp3) is 0.545. The summed E-state index contributed by atoms with van der Waals surface area (Å²) < 4.78 is 4.87. The summed E-state index contributed by atoms with van der Waals surface area (Å²) in [5, 5.41) is 16.5. The van der Waals surface area contributed by atoms with E-state index in [0.717, 1.165) is 25.9 Å². The summed E-state index contributed by atoms with van der Waals surface area (Å²) in [6.07, 6.45) is 1.64. The van der Waals surface area contributed by atoms with E-state index < -0.39 is 16.7 Å². The molecule has 1 aliphatic heterocycles. The Bertz CT molecular complexity index is 463. The number of nitrogens with zero attached hydrogens (tertiary/aromatic N) is 1. The standard InChI is InChI=1S/C11H15N3O4/c1-11(4-6-12-7-5-11)13-10(15)8-2-3-9(18-8)14(16)17/h2-3,12H,4-7H2,1H3,(H,13,15). The normalized spacial score (nSPS) is 18.3. The van der Waals surface area contributed by atoms with Gasteiger partial charge in [-0.3, -0.25) is 14.9 Å². The van der Waals surface area contributed by atoms with E-state index in [4.69, 9.17) is 4.42 Å². The van der Waals surface area contributed by atoms with E-state index in [0.29, 0.717) is 0 Å². The number of carbonyl (C=O) groups is 1. The molecule has 0 bridgehead atoms. The van der Waals surface area contributed by atoms with Crippen LogP contribution in [0.1, 0.15) is 30.3 Å². The number of piperidine rings is 1. The number of hydrogen-bond acceptors (Lipinski definition) is 5. The lowest BCUT2D eigenvalue weighted by Crippen LogP contribution is -2.52. The molecule has 1 aliphatic rings. The number of rotatable bonds is 3. The number of hydrogen-bond donors (Lipinski definition) is 2. The first kappa shape index (κ1) is 12.6. The molecule has 2 rings (SSSR count). The quantitative estimate of drug-likeness (QED) is 0.620. The van der Waals surface area contributed by atoms with E-state index in [1.165, 1.54) is 12.1 Å². The summed E-state index contributed by atoms with van der Waals surface area (Å²) in [4.78, 5) is 21.7. The first-order valence-corrected chi connectivity index (χ1v) is 5.78. The fourth-order valence-corrected chi connectivity index (χ4v) is 1.99. The van der Waals surface area contributed by atoms with Gasteiger partial charge in [-0.15, -0.1) is 0 Å². The Morgan fingerprint density at radius 3 is 2.72 bits per heavy atom. The van der Waals surface area contributed by atoms with Gasteiger partial charge in [0.2, 0.25) is 0 Å². The van der Waals surface area contributed by atoms with E-state index in [2.05, 4.69) is 10.6 Å². The van der Waals surface area contributed by atoms with Gasteiger partial charge in [0.25, 0.3) is 5.91 Å². The lowest BCUT2D eigenvalue weighted by Gasteiger charge is -2.34. The topological polar surface area (TPSA) is 97.4 Å². The molecule has 0 aliphatic carbocycles. The van der Waals surface area contributed by atoms with Crippen molar-refractivity contribution in [3.8, 4) is 0 Å². The van der Waals surface area contributed by atoms with Crippen molar-refractivity contribution in [1.82, 2.24) is 10.6 Å². The molecule has 1 amide bonds. The molecule has 0 unspecified atom stereocenters. The zero-order chi connectivity index (χ0) is 13.2. The molecule has 7 heteroatoms. The predicted molar refractivity (Wildman–Crippen MR) is 63.3 cm³/mol. The molecule has 1 saturated heterocycles. The minimum Gasteiger partial charge on any atom is -0.395 e. The van der Waals surface area contributed by atoms with Crippen LogP contribution in [0.2, 0.25) is 0 Å². The zero-order valence-corrected chi connectivity index (χ0v) is 10.1. The van der Waals surface area contributed by atoms with Gasteiger partial charge in [0.05, 0.1) is 6.07 Å². The van der Waals surface area contributed by atoms with Gasteiger partial charge in [-0.2, -0.15) is 0 Å². The molecule has 2 heterocycles. The third-order valence-corrected chi connectivity index (χ3v) is 3.12. The van der Waals surface area contributed by atoms with Crippen molar-refractivity contribution in [1.29, 1.82) is 0 Å². The molecule has 18 heavy (non-hydrogen) atoms. The van der Waals surface area contributed by atoms with Crippen molar-refractivity contribution < 1.29 is 14.1 Å². The minimum atomic E-state index is -0.664. The largest absolute Gasteiger partial charge is 0.433 e.